The fourth-order valence-corrected chi connectivity index (χ4v) is 1.04. The molecule has 0 unspecified atom stereocenters. The smallest absolute Gasteiger partial charge is 0.250 e. The summed E-state index contributed by atoms with van der Waals surface area (Å²) in [5.74, 6) is -0.160. The van der Waals surface area contributed by atoms with Crippen LogP contribution in [0.25, 0.3) is 0 Å². The molecule has 3 heteroatoms. The minimum atomic E-state index is -0.160. The van der Waals surface area contributed by atoms with Gasteiger partial charge in [0.1, 0.15) is 0 Å². The van der Waals surface area contributed by atoms with Gasteiger partial charge in [-0.2, -0.15) is 0 Å². The van der Waals surface area contributed by atoms with Gasteiger partial charge in [-0.3, -0.25) is 4.79 Å². The van der Waals surface area contributed by atoms with Gasteiger partial charge in [-0.15, -0.1) is 0 Å². The summed E-state index contributed by atoms with van der Waals surface area (Å²) >= 11 is 0. The minimum Gasteiger partial charge on any atom is -0.386 e. The van der Waals surface area contributed by atoms with Crippen LogP contribution in [-0.4, -0.2) is 13.0 Å². The van der Waals surface area contributed by atoms with Gasteiger partial charge in [0.2, 0.25) is 0 Å². The maximum Gasteiger partial charge on any atom is 0.250 e. The molecule has 14 heavy (non-hydrogen) atoms. The monoisotopic (exact) mass is 190 g/mol. The molecule has 74 valence electrons. The zero-order chi connectivity index (χ0) is 10.6. The zero-order valence-corrected chi connectivity index (χ0v) is 8.42. The van der Waals surface area contributed by atoms with E-state index >= 15 is 0 Å². The quantitative estimate of drug-likeness (QED) is 0.718. The third-order valence-electron chi connectivity index (χ3n) is 1.83. The standard InChI is InChI=1S/C11H14N2O/c1-8(2)11(14)13-10-7-5-4-6-9(10)12-3/h4-7,12H,1H2,2-3H3,(H,13,14). The highest BCUT2D eigenvalue weighted by atomic mass is 16.1. The van der Waals surface area contributed by atoms with E-state index < -0.39 is 0 Å². The summed E-state index contributed by atoms with van der Waals surface area (Å²) < 4.78 is 0. The first-order valence-electron chi connectivity index (χ1n) is 4.39. The van der Waals surface area contributed by atoms with Crippen LogP contribution in [0.15, 0.2) is 36.4 Å². The fraction of sp³-hybridized carbons (Fsp3) is 0.182. The van der Waals surface area contributed by atoms with Crippen LogP contribution < -0.4 is 10.6 Å². The van der Waals surface area contributed by atoms with Crippen LogP contribution in [0.4, 0.5) is 11.4 Å². The molecule has 0 heterocycles. The van der Waals surface area contributed by atoms with E-state index in [0.29, 0.717) is 5.57 Å². The van der Waals surface area contributed by atoms with E-state index in [-0.39, 0.29) is 5.91 Å². The first-order chi connectivity index (χ1) is 6.65. The first kappa shape index (κ1) is 10.3. The molecule has 0 atom stereocenters. The molecule has 0 aliphatic heterocycles. The lowest BCUT2D eigenvalue weighted by molar-refractivity contribution is -0.112. The number of hydrogen-bond acceptors (Lipinski definition) is 2. The van der Waals surface area contributed by atoms with Gasteiger partial charge >= 0.3 is 0 Å². The van der Waals surface area contributed by atoms with Crippen molar-refractivity contribution in [2.45, 2.75) is 6.92 Å². The summed E-state index contributed by atoms with van der Waals surface area (Å²) in [6.07, 6.45) is 0. The Kier molecular flexibility index (Phi) is 3.29. The highest BCUT2D eigenvalue weighted by Crippen LogP contribution is 2.20. The number of carbonyl (C=O) groups excluding carboxylic acids is 1. The van der Waals surface area contributed by atoms with E-state index in [1.54, 1.807) is 6.92 Å². The summed E-state index contributed by atoms with van der Waals surface area (Å²) in [6, 6.07) is 7.51. The molecule has 1 amide bonds. The molecule has 1 aromatic rings. The molecule has 0 saturated carbocycles. The molecular formula is C11H14N2O. The lowest BCUT2D eigenvalue weighted by Crippen LogP contribution is -2.12. The van der Waals surface area contributed by atoms with Crippen LogP contribution in [0.2, 0.25) is 0 Å². The number of amides is 1. The summed E-state index contributed by atoms with van der Waals surface area (Å²) in [5.41, 5.74) is 2.15. The van der Waals surface area contributed by atoms with Crippen molar-refractivity contribution in [3.05, 3.63) is 36.4 Å². The second-order valence-electron chi connectivity index (χ2n) is 3.03. The first-order valence-corrected chi connectivity index (χ1v) is 4.39. The van der Waals surface area contributed by atoms with Gasteiger partial charge in [-0.25, -0.2) is 0 Å². The van der Waals surface area contributed by atoms with Crippen molar-refractivity contribution in [3.63, 3.8) is 0 Å². The third-order valence-corrected chi connectivity index (χ3v) is 1.83. The van der Waals surface area contributed by atoms with Crippen LogP contribution >= 0.6 is 0 Å². The van der Waals surface area contributed by atoms with E-state index in [9.17, 15) is 4.79 Å². The van der Waals surface area contributed by atoms with Crippen LogP contribution in [0, 0.1) is 0 Å². The van der Waals surface area contributed by atoms with Crippen molar-refractivity contribution in [3.8, 4) is 0 Å². The van der Waals surface area contributed by atoms with E-state index in [4.69, 9.17) is 0 Å². The van der Waals surface area contributed by atoms with Crippen molar-refractivity contribution in [2.24, 2.45) is 0 Å². The van der Waals surface area contributed by atoms with Gasteiger partial charge in [0, 0.05) is 12.6 Å². The van der Waals surface area contributed by atoms with Crippen molar-refractivity contribution in [2.75, 3.05) is 17.7 Å². The second kappa shape index (κ2) is 4.46. The van der Waals surface area contributed by atoms with Gasteiger partial charge in [0.25, 0.3) is 5.91 Å². The third kappa shape index (κ3) is 2.36. The Bertz CT molecular complexity index is 358. The molecule has 1 rings (SSSR count). The maximum atomic E-state index is 11.3. The number of hydrogen-bond donors (Lipinski definition) is 2. The van der Waals surface area contributed by atoms with Gasteiger partial charge in [0.05, 0.1) is 11.4 Å². The van der Waals surface area contributed by atoms with Crippen molar-refractivity contribution < 1.29 is 4.79 Å². The summed E-state index contributed by atoms with van der Waals surface area (Å²) in [4.78, 5) is 11.3. The lowest BCUT2D eigenvalue weighted by atomic mass is 10.2. The predicted octanol–water partition coefficient (Wildman–Crippen LogP) is 2.24. The molecular weight excluding hydrogens is 176 g/mol. The van der Waals surface area contributed by atoms with E-state index in [0.717, 1.165) is 11.4 Å². The maximum absolute atomic E-state index is 11.3. The highest BCUT2D eigenvalue weighted by molar-refractivity contribution is 6.04. The van der Waals surface area contributed by atoms with Crippen LogP contribution in [-0.2, 0) is 4.79 Å². The molecule has 0 bridgehead atoms. The molecule has 0 fully saturated rings. The van der Waals surface area contributed by atoms with Gasteiger partial charge in [-0.05, 0) is 19.1 Å². The number of carbonyl (C=O) groups is 1. The Morgan fingerprint density at radius 2 is 1.86 bits per heavy atom. The van der Waals surface area contributed by atoms with Crippen molar-refractivity contribution in [1.82, 2.24) is 0 Å². The molecule has 0 aliphatic rings. The number of para-hydroxylation sites is 2. The van der Waals surface area contributed by atoms with Crippen LogP contribution in [0.3, 0.4) is 0 Å². The molecule has 0 aromatic heterocycles. The average molecular weight is 190 g/mol. The van der Waals surface area contributed by atoms with Gasteiger partial charge in [-0.1, -0.05) is 18.7 Å². The molecule has 0 radical (unpaired) electrons. The van der Waals surface area contributed by atoms with Gasteiger partial charge < -0.3 is 10.6 Å². The minimum absolute atomic E-state index is 0.160. The predicted molar refractivity (Wildman–Crippen MR) is 59.4 cm³/mol. The Morgan fingerprint density at radius 1 is 1.29 bits per heavy atom. The summed E-state index contributed by atoms with van der Waals surface area (Å²) in [5, 5.41) is 5.76. The van der Waals surface area contributed by atoms with Crippen molar-refractivity contribution in [1.29, 1.82) is 0 Å². The molecule has 1 aromatic carbocycles. The zero-order valence-electron chi connectivity index (χ0n) is 8.42. The number of nitrogens with one attached hydrogen (secondary N) is 2. The molecule has 3 nitrogen and oxygen atoms in total. The Hall–Kier alpha value is -1.77. The van der Waals surface area contributed by atoms with E-state index in [1.807, 2.05) is 31.3 Å². The van der Waals surface area contributed by atoms with Gasteiger partial charge in [0.15, 0.2) is 0 Å². The van der Waals surface area contributed by atoms with E-state index in [1.165, 1.54) is 0 Å². The largest absolute Gasteiger partial charge is 0.386 e. The Morgan fingerprint density at radius 3 is 2.36 bits per heavy atom. The highest BCUT2D eigenvalue weighted by Gasteiger charge is 2.04. The van der Waals surface area contributed by atoms with Crippen LogP contribution in [0.5, 0.6) is 0 Å². The number of benzene rings is 1. The number of rotatable bonds is 3. The number of anilines is 2. The molecule has 0 saturated heterocycles. The Balaban J connectivity index is 2.85. The van der Waals surface area contributed by atoms with Crippen molar-refractivity contribution >= 4 is 17.3 Å². The average Bonchev–Trinajstić information content (AvgIpc) is 2.18. The normalized spacial score (nSPS) is 9.29. The fourth-order valence-electron chi connectivity index (χ4n) is 1.04. The lowest BCUT2D eigenvalue weighted by Gasteiger charge is -2.09. The SMILES string of the molecule is C=C(C)C(=O)Nc1ccccc1NC. The second-order valence-corrected chi connectivity index (χ2v) is 3.03. The molecule has 2 N–H and O–H groups in total. The molecule has 0 spiro atoms. The van der Waals surface area contributed by atoms with E-state index in [2.05, 4.69) is 17.2 Å². The summed E-state index contributed by atoms with van der Waals surface area (Å²) in [7, 11) is 1.81. The molecule has 0 aliphatic carbocycles. The summed E-state index contributed by atoms with van der Waals surface area (Å²) in [6.45, 7) is 5.25. The Labute approximate surface area is 83.8 Å². The topological polar surface area (TPSA) is 41.1 Å². The van der Waals surface area contributed by atoms with Crippen LogP contribution in [0.1, 0.15) is 6.92 Å².